The predicted octanol–water partition coefficient (Wildman–Crippen LogP) is 2.03. The van der Waals surface area contributed by atoms with Crippen LogP contribution in [-0.2, 0) is 9.53 Å². The number of carbonyl (C=O) groups is 1. The zero-order valence-corrected chi connectivity index (χ0v) is 7.72. The Kier molecular flexibility index (Phi) is 6.13. The van der Waals surface area contributed by atoms with Crippen LogP contribution in [0.1, 0.15) is 33.1 Å². The van der Waals surface area contributed by atoms with Crippen molar-refractivity contribution in [1.82, 2.24) is 0 Å². The fourth-order valence-corrected chi connectivity index (χ4v) is 0.845. The van der Waals surface area contributed by atoms with Crippen molar-refractivity contribution in [2.75, 3.05) is 13.7 Å². The standard InChI is InChI=1S/C9H18O2/c1-4-8(2)5-6-9(10)7-11-3/h8H,4-7H2,1-3H3. The van der Waals surface area contributed by atoms with Gasteiger partial charge in [0.15, 0.2) is 5.78 Å². The lowest BCUT2D eigenvalue weighted by molar-refractivity contribution is -0.122. The van der Waals surface area contributed by atoms with Crippen molar-refractivity contribution < 1.29 is 9.53 Å². The van der Waals surface area contributed by atoms with Gasteiger partial charge < -0.3 is 4.74 Å². The van der Waals surface area contributed by atoms with Crippen LogP contribution in [0.2, 0.25) is 0 Å². The summed E-state index contributed by atoms with van der Waals surface area (Å²) in [5, 5.41) is 0. The first-order valence-electron chi connectivity index (χ1n) is 4.21. The van der Waals surface area contributed by atoms with Gasteiger partial charge in [-0.2, -0.15) is 0 Å². The fourth-order valence-electron chi connectivity index (χ4n) is 0.845. The minimum absolute atomic E-state index is 0.216. The van der Waals surface area contributed by atoms with E-state index in [1.54, 1.807) is 7.11 Å². The minimum atomic E-state index is 0.216. The Balaban J connectivity index is 3.30. The quantitative estimate of drug-likeness (QED) is 0.591. The third-order valence-corrected chi connectivity index (χ3v) is 1.92. The highest BCUT2D eigenvalue weighted by Crippen LogP contribution is 2.09. The first kappa shape index (κ1) is 10.6. The van der Waals surface area contributed by atoms with Gasteiger partial charge >= 0.3 is 0 Å². The summed E-state index contributed by atoms with van der Waals surface area (Å²) in [5.74, 6) is 0.878. The molecule has 0 bridgehead atoms. The molecule has 0 aliphatic heterocycles. The van der Waals surface area contributed by atoms with Crippen molar-refractivity contribution in [2.45, 2.75) is 33.1 Å². The highest BCUT2D eigenvalue weighted by atomic mass is 16.5. The van der Waals surface area contributed by atoms with Crippen molar-refractivity contribution in [3.8, 4) is 0 Å². The van der Waals surface area contributed by atoms with Gasteiger partial charge in [-0.15, -0.1) is 0 Å². The molecule has 0 amide bonds. The number of hydrogen-bond donors (Lipinski definition) is 0. The molecule has 1 atom stereocenters. The van der Waals surface area contributed by atoms with Crippen LogP contribution >= 0.6 is 0 Å². The van der Waals surface area contributed by atoms with Gasteiger partial charge in [0.2, 0.25) is 0 Å². The highest BCUT2D eigenvalue weighted by molar-refractivity contribution is 5.79. The Morgan fingerprint density at radius 2 is 2.18 bits per heavy atom. The summed E-state index contributed by atoms with van der Waals surface area (Å²) in [6.07, 6.45) is 2.82. The zero-order chi connectivity index (χ0) is 8.69. The molecular weight excluding hydrogens is 140 g/mol. The second kappa shape index (κ2) is 6.35. The van der Waals surface area contributed by atoms with Gasteiger partial charge in [-0.05, 0) is 12.3 Å². The molecule has 0 radical (unpaired) electrons. The molecule has 0 rings (SSSR count). The third-order valence-electron chi connectivity index (χ3n) is 1.92. The van der Waals surface area contributed by atoms with E-state index in [9.17, 15) is 4.79 Å². The number of ketones is 1. The fraction of sp³-hybridized carbons (Fsp3) is 0.889. The minimum Gasteiger partial charge on any atom is -0.377 e. The summed E-state index contributed by atoms with van der Waals surface area (Å²) in [6, 6.07) is 0. The lowest BCUT2D eigenvalue weighted by Gasteiger charge is -2.05. The molecule has 0 aliphatic rings. The van der Waals surface area contributed by atoms with Gasteiger partial charge in [-0.25, -0.2) is 0 Å². The summed E-state index contributed by atoms with van der Waals surface area (Å²) in [7, 11) is 1.56. The van der Waals surface area contributed by atoms with Gasteiger partial charge in [0.1, 0.15) is 6.61 Å². The molecule has 0 heterocycles. The third kappa shape index (κ3) is 6.05. The van der Waals surface area contributed by atoms with Gasteiger partial charge in [0.05, 0.1) is 0 Å². The molecule has 0 aromatic heterocycles. The molecule has 0 aromatic rings. The van der Waals surface area contributed by atoms with E-state index in [0.717, 1.165) is 12.8 Å². The van der Waals surface area contributed by atoms with E-state index < -0.39 is 0 Å². The highest BCUT2D eigenvalue weighted by Gasteiger charge is 2.03. The van der Waals surface area contributed by atoms with E-state index in [2.05, 4.69) is 13.8 Å². The largest absolute Gasteiger partial charge is 0.377 e. The molecule has 1 unspecified atom stereocenters. The van der Waals surface area contributed by atoms with Crippen LogP contribution in [0.5, 0.6) is 0 Å². The second-order valence-electron chi connectivity index (χ2n) is 3.02. The number of ether oxygens (including phenoxy) is 1. The predicted molar refractivity (Wildman–Crippen MR) is 45.6 cm³/mol. The summed E-state index contributed by atoms with van der Waals surface area (Å²) in [4.78, 5) is 10.9. The average Bonchev–Trinajstić information content (AvgIpc) is 2.01. The molecule has 0 saturated heterocycles. The number of carbonyl (C=O) groups excluding carboxylic acids is 1. The van der Waals surface area contributed by atoms with Gasteiger partial charge in [-0.1, -0.05) is 20.3 Å². The molecule has 66 valence electrons. The van der Waals surface area contributed by atoms with E-state index in [-0.39, 0.29) is 12.4 Å². The van der Waals surface area contributed by atoms with Crippen molar-refractivity contribution in [3.63, 3.8) is 0 Å². The van der Waals surface area contributed by atoms with Crippen LogP contribution < -0.4 is 0 Å². The van der Waals surface area contributed by atoms with Crippen LogP contribution in [-0.4, -0.2) is 19.5 Å². The first-order valence-corrected chi connectivity index (χ1v) is 4.21. The van der Waals surface area contributed by atoms with Crippen LogP contribution in [0, 0.1) is 5.92 Å². The van der Waals surface area contributed by atoms with Crippen LogP contribution in [0.25, 0.3) is 0 Å². The molecule has 0 aromatic carbocycles. The smallest absolute Gasteiger partial charge is 0.158 e. The Morgan fingerprint density at radius 3 is 2.64 bits per heavy atom. The average molecular weight is 158 g/mol. The number of Topliss-reactive ketones (excluding diaryl/α,β-unsaturated/α-hetero) is 1. The molecule has 0 aliphatic carbocycles. The Labute approximate surface area is 68.9 Å². The molecule has 2 nitrogen and oxygen atoms in total. The molecule has 0 spiro atoms. The van der Waals surface area contributed by atoms with E-state index in [1.165, 1.54) is 0 Å². The SMILES string of the molecule is CCC(C)CCC(=O)COC. The van der Waals surface area contributed by atoms with Crippen molar-refractivity contribution in [3.05, 3.63) is 0 Å². The molecule has 0 saturated carbocycles. The summed E-state index contributed by atoms with van der Waals surface area (Å²) < 4.78 is 4.72. The maximum absolute atomic E-state index is 10.9. The van der Waals surface area contributed by atoms with Crippen molar-refractivity contribution >= 4 is 5.78 Å². The first-order chi connectivity index (χ1) is 5.20. The van der Waals surface area contributed by atoms with E-state index in [1.807, 2.05) is 0 Å². The Morgan fingerprint density at radius 1 is 1.55 bits per heavy atom. The van der Waals surface area contributed by atoms with Crippen LogP contribution in [0.15, 0.2) is 0 Å². The molecule has 0 N–H and O–H groups in total. The molecular formula is C9H18O2. The Bertz CT molecular complexity index is 110. The van der Waals surface area contributed by atoms with Gasteiger partial charge in [0, 0.05) is 13.5 Å². The van der Waals surface area contributed by atoms with Crippen molar-refractivity contribution in [1.29, 1.82) is 0 Å². The topological polar surface area (TPSA) is 26.3 Å². The lowest BCUT2D eigenvalue weighted by atomic mass is 10.0. The maximum atomic E-state index is 10.9. The normalized spacial score (nSPS) is 13.0. The second-order valence-corrected chi connectivity index (χ2v) is 3.02. The van der Waals surface area contributed by atoms with E-state index >= 15 is 0 Å². The summed E-state index contributed by atoms with van der Waals surface area (Å²) >= 11 is 0. The monoisotopic (exact) mass is 158 g/mol. The van der Waals surface area contributed by atoms with E-state index in [0.29, 0.717) is 12.3 Å². The number of rotatable bonds is 6. The number of hydrogen-bond acceptors (Lipinski definition) is 2. The van der Waals surface area contributed by atoms with Gasteiger partial charge in [0.25, 0.3) is 0 Å². The number of methoxy groups -OCH3 is 1. The zero-order valence-electron chi connectivity index (χ0n) is 7.72. The Hall–Kier alpha value is -0.370. The van der Waals surface area contributed by atoms with Gasteiger partial charge in [-0.3, -0.25) is 4.79 Å². The summed E-state index contributed by atoms with van der Waals surface area (Å²) in [5.41, 5.74) is 0. The molecule has 0 fully saturated rings. The van der Waals surface area contributed by atoms with Crippen LogP contribution in [0.4, 0.5) is 0 Å². The maximum Gasteiger partial charge on any atom is 0.158 e. The van der Waals surface area contributed by atoms with Crippen LogP contribution in [0.3, 0.4) is 0 Å². The lowest BCUT2D eigenvalue weighted by Crippen LogP contribution is -2.07. The van der Waals surface area contributed by atoms with E-state index in [4.69, 9.17) is 4.74 Å². The van der Waals surface area contributed by atoms with Crippen molar-refractivity contribution in [2.24, 2.45) is 5.92 Å². The summed E-state index contributed by atoms with van der Waals surface area (Å²) in [6.45, 7) is 4.59. The molecule has 2 heteroatoms. The molecule has 11 heavy (non-hydrogen) atoms.